The Morgan fingerprint density at radius 1 is 0.903 bits per heavy atom. The lowest BCUT2D eigenvalue weighted by Gasteiger charge is -2.10. The maximum Gasteiger partial charge on any atom is 0.255 e. The average Bonchev–Trinajstić information content (AvgIpc) is 2.77. The van der Waals surface area contributed by atoms with Crippen molar-refractivity contribution in [3.8, 4) is 17.2 Å². The van der Waals surface area contributed by atoms with E-state index in [4.69, 9.17) is 25.8 Å². The number of amides is 1. The molecule has 0 aromatic heterocycles. The molecule has 0 aliphatic carbocycles. The van der Waals surface area contributed by atoms with Crippen molar-refractivity contribution in [3.05, 3.63) is 82.9 Å². The minimum absolute atomic E-state index is 0.221. The largest absolute Gasteiger partial charge is 0.495 e. The van der Waals surface area contributed by atoms with E-state index < -0.39 is 0 Å². The molecule has 0 bridgehead atoms. The summed E-state index contributed by atoms with van der Waals surface area (Å²) in [5.41, 5.74) is 2.32. The summed E-state index contributed by atoms with van der Waals surface area (Å²) in [5.74, 6) is 1.96. The molecule has 3 aromatic rings. The summed E-state index contributed by atoms with van der Waals surface area (Å²) >= 11 is 6.10. The Bertz CT molecular complexity index is 1000. The maximum absolute atomic E-state index is 12.4. The molecule has 0 radical (unpaired) electrons. The average molecular weight is 440 g/mol. The van der Waals surface area contributed by atoms with Crippen molar-refractivity contribution in [2.24, 2.45) is 0 Å². The monoisotopic (exact) mass is 439 g/mol. The Balaban J connectivity index is 1.39. The van der Waals surface area contributed by atoms with Crippen LogP contribution in [-0.2, 0) is 0 Å². The van der Waals surface area contributed by atoms with Gasteiger partial charge in [-0.2, -0.15) is 0 Å². The van der Waals surface area contributed by atoms with Crippen molar-refractivity contribution in [2.45, 2.75) is 19.8 Å². The van der Waals surface area contributed by atoms with Crippen LogP contribution >= 0.6 is 11.6 Å². The van der Waals surface area contributed by atoms with Gasteiger partial charge in [-0.15, -0.1) is 0 Å². The first kappa shape index (κ1) is 22.5. The van der Waals surface area contributed by atoms with Crippen molar-refractivity contribution >= 4 is 23.2 Å². The molecule has 0 fully saturated rings. The second-order valence-corrected chi connectivity index (χ2v) is 7.46. The highest BCUT2D eigenvalue weighted by Gasteiger charge is 2.08. The third kappa shape index (κ3) is 6.93. The third-order valence-corrected chi connectivity index (χ3v) is 4.89. The number of carbonyl (C=O) groups excluding carboxylic acids is 1. The van der Waals surface area contributed by atoms with Crippen LogP contribution in [-0.4, -0.2) is 26.2 Å². The van der Waals surface area contributed by atoms with E-state index in [9.17, 15) is 4.79 Å². The van der Waals surface area contributed by atoms with Crippen molar-refractivity contribution in [3.63, 3.8) is 0 Å². The Labute approximate surface area is 187 Å². The molecule has 0 atom stereocenters. The second-order valence-electron chi connectivity index (χ2n) is 7.05. The number of carbonyl (C=O) groups is 1. The summed E-state index contributed by atoms with van der Waals surface area (Å²) in [5, 5.41) is 3.26. The molecule has 1 amide bonds. The molecule has 3 rings (SSSR count). The van der Waals surface area contributed by atoms with Crippen LogP contribution in [0, 0.1) is 6.92 Å². The van der Waals surface area contributed by atoms with Crippen LogP contribution in [0.4, 0.5) is 5.69 Å². The Morgan fingerprint density at radius 3 is 2.26 bits per heavy atom. The number of nitrogens with one attached hydrogen (secondary N) is 1. The molecule has 0 spiro atoms. The number of hydrogen-bond donors (Lipinski definition) is 1. The highest BCUT2D eigenvalue weighted by atomic mass is 35.5. The molecule has 0 saturated carbocycles. The molecule has 31 heavy (non-hydrogen) atoms. The van der Waals surface area contributed by atoms with Gasteiger partial charge in [-0.1, -0.05) is 23.7 Å². The van der Waals surface area contributed by atoms with E-state index in [2.05, 4.69) is 5.32 Å². The minimum atomic E-state index is -0.221. The van der Waals surface area contributed by atoms with Crippen LogP contribution in [0.5, 0.6) is 17.2 Å². The van der Waals surface area contributed by atoms with Crippen LogP contribution in [0.2, 0.25) is 5.02 Å². The van der Waals surface area contributed by atoms with Gasteiger partial charge in [0.15, 0.2) is 0 Å². The third-order valence-electron chi connectivity index (χ3n) is 4.59. The molecule has 162 valence electrons. The lowest BCUT2D eigenvalue weighted by atomic mass is 10.2. The topological polar surface area (TPSA) is 56.8 Å². The van der Waals surface area contributed by atoms with Gasteiger partial charge in [0, 0.05) is 11.3 Å². The lowest BCUT2D eigenvalue weighted by molar-refractivity contribution is 0.102. The number of unbranched alkanes of at least 4 members (excludes halogenated alkanes) is 1. The predicted octanol–water partition coefficient (Wildman–Crippen LogP) is 6.15. The van der Waals surface area contributed by atoms with Crippen LogP contribution < -0.4 is 19.5 Å². The molecule has 0 unspecified atom stereocenters. The van der Waals surface area contributed by atoms with E-state index in [0.29, 0.717) is 35.2 Å². The van der Waals surface area contributed by atoms with Crippen LogP contribution in [0.3, 0.4) is 0 Å². The van der Waals surface area contributed by atoms with E-state index in [1.807, 2.05) is 31.2 Å². The summed E-state index contributed by atoms with van der Waals surface area (Å²) in [4.78, 5) is 12.4. The Hall–Kier alpha value is -3.18. The van der Waals surface area contributed by atoms with Gasteiger partial charge < -0.3 is 19.5 Å². The van der Waals surface area contributed by atoms with E-state index in [1.54, 1.807) is 49.6 Å². The van der Waals surface area contributed by atoms with Crippen molar-refractivity contribution < 1.29 is 19.0 Å². The van der Waals surface area contributed by atoms with E-state index in [0.717, 1.165) is 24.3 Å². The van der Waals surface area contributed by atoms with Crippen LogP contribution in [0.25, 0.3) is 0 Å². The zero-order valence-electron chi connectivity index (χ0n) is 17.7. The molecule has 0 heterocycles. The SMILES string of the molecule is COc1ccc(NC(=O)c2ccc(OCCCCOc3cccc(C)c3)cc2)cc1Cl. The number of aryl methyl sites for hydroxylation is 1. The fraction of sp³-hybridized carbons (Fsp3) is 0.240. The molecule has 5 nitrogen and oxygen atoms in total. The zero-order chi connectivity index (χ0) is 22.1. The van der Waals surface area contributed by atoms with Gasteiger partial charge in [0.1, 0.15) is 17.2 Å². The van der Waals surface area contributed by atoms with Crippen LogP contribution in [0.1, 0.15) is 28.8 Å². The number of hydrogen-bond acceptors (Lipinski definition) is 4. The van der Waals surface area contributed by atoms with Crippen LogP contribution in [0.15, 0.2) is 66.7 Å². The summed E-state index contributed by atoms with van der Waals surface area (Å²) in [6.45, 7) is 3.29. The fourth-order valence-corrected chi connectivity index (χ4v) is 3.20. The minimum Gasteiger partial charge on any atom is -0.495 e. The molecule has 3 aromatic carbocycles. The van der Waals surface area contributed by atoms with Gasteiger partial charge in [0.2, 0.25) is 0 Å². The van der Waals surface area contributed by atoms with Gasteiger partial charge in [-0.3, -0.25) is 4.79 Å². The summed E-state index contributed by atoms with van der Waals surface area (Å²) < 4.78 is 16.6. The first-order valence-electron chi connectivity index (χ1n) is 10.1. The number of halogens is 1. The predicted molar refractivity (Wildman–Crippen MR) is 124 cm³/mol. The van der Waals surface area contributed by atoms with E-state index >= 15 is 0 Å². The highest BCUT2D eigenvalue weighted by Crippen LogP contribution is 2.27. The molecular formula is C25H26ClNO4. The maximum atomic E-state index is 12.4. The lowest BCUT2D eigenvalue weighted by Crippen LogP contribution is -2.11. The van der Waals surface area contributed by atoms with E-state index in [1.165, 1.54) is 5.56 Å². The number of anilines is 1. The van der Waals surface area contributed by atoms with Crippen molar-refractivity contribution in [1.29, 1.82) is 0 Å². The second kappa shape index (κ2) is 11.3. The van der Waals surface area contributed by atoms with Crippen molar-refractivity contribution in [1.82, 2.24) is 0 Å². The number of rotatable bonds is 10. The molecule has 6 heteroatoms. The Kier molecular flexibility index (Phi) is 8.19. The summed E-state index contributed by atoms with van der Waals surface area (Å²) in [6.07, 6.45) is 1.78. The van der Waals surface area contributed by atoms with Crippen molar-refractivity contribution in [2.75, 3.05) is 25.6 Å². The number of methoxy groups -OCH3 is 1. The Morgan fingerprint density at radius 2 is 1.61 bits per heavy atom. The van der Waals surface area contributed by atoms with Gasteiger partial charge >= 0.3 is 0 Å². The van der Waals surface area contributed by atoms with Gasteiger partial charge in [-0.05, 0) is 79.9 Å². The molecular weight excluding hydrogens is 414 g/mol. The first-order chi connectivity index (χ1) is 15.0. The fourth-order valence-electron chi connectivity index (χ4n) is 2.94. The number of ether oxygens (including phenoxy) is 3. The molecule has 0 aliphatic rings. The quantitative estimate of drug-likeness (QED) is 0.385. The smallest absolute Gasteiger partial charge is 0.255 e. The van der Waals surface area contributed by atoms with E-state index in [-0.39, 0.29) is 5.91 Å². The molecule has 0 saturated heterocycles. The number of benzene rings is 3. The highest BCUT2D eigenvalue weighted by molar-refractivity contribution is 6.32. The van der Waals surface area contributed by atoms with Gasteiger partial charge in [-0.25, -0.2) is 0 Å². The summed E-state index contributed by atoms with van der Waals surface area (Å²) in [7, 11) is 1.54. The summed E-state index contributed by atoms with van der Waals surface area (Å²) in [6, 6.07) is 20.2. The first-order valence-corrected chi connectivity index (χ1v) is 10.5. The van der Waals surface area contributed by atoms with Gasteiger partial charge in [0.25, 0.3) is 5.91 Å². The molecule has 0 aliphatic heterocycles. The van der Waals surface area contributed by atoms with Gasteiger partial charge in [0.05, 0.1) is 25.3 Å². The molecule has 1 N–H and O–H groups in total. The standard InChI is InChI=1S/C25H26ClNO4/c1-18-6-5-7-22(16-18)31-15-4-3-14-30-21-11-8-19(9-12-21)25(28)27-20-10-13-24(29-2)23(26)17-20/h5-13,16-17H,3-4,14-15H2,1-2H3,(H,27,28). The zero-order valence-corrected chi connectivity index (χ0v) is 18.4. The normalized spacial score (nSPS) is 10.4.